The first-order valence-corrected chi connectivity index (χ1v) is 14.5. The molecular weight excluding hydrogens is 512 g/mol. The fourth-order valence-corrected chi connectivity index (χ4v) is 8.48. The molecule has 7 atom stereocenters. The topological polar surface area (TPSA) is 143 Å². The molecule has 3 N–H and O–H groups in total. The Kier molecular flexibility index (Phi) is 7.74. The van der Waals surface area contributed by atoms with Crippen LogP contribution in [0.2, 0.25) is 0 Å². The Morgan fingerprint density at radius 3 is 2.67 bits per heavy atom. The van der Waals surface area contributed by atoms with Crippen molar-refractivity contribution in [2.45, 2.75) is 89.9 Å². The van der Waals surface area contributed by atoms with Crippen molar-refractivity contribution in [3.63, 3.8) is 0 Å². The number of ketones is 2. The zero-order chi connectivity index (χ0) is 28.7. The molecule has 0 aromatic carbocycles. The predicted octanol–water partition coefficient (Wildman–Crippen LogP) is 2.82. The highest BCUT2D eigenvalue weighted by atomic mass is 16.5. The smallest absolute Gasteiger partial charge is 0.306 e. The predicted molar refractivity (Wildman–Crippen MR) is 144 cm³/mol. The molecule has 1 amide bonds. The summed E-state index contributed by atoms with van der Waals surface area (Å²) in [4.78, 5) is 54.0. The molecule has 0 saturated heterocycles. The minimum atomic E-state index is -1.70. The summed E-state index contributed by atoms with van der Waals surface area (Å²) in [5.74, 6) is -1.24. The first kappa shape index (κ1) is 28.6. The highest BCUT2D eigenvalue weighted by Gasteiger charge is 2.68. The Morgan fingerprint density at radius 1 is 1.12 bits per heavy atom. The Labute approximate surface area is 234 Å². The van der Waals surface area contributed by atoms with Crippen LogP contribution in [-0.2, 0) is 30.5 Å². The van der Waals surface area contributed by atoms with Crippen LogP contribution in [0.25, 0.3) is 0 Å². The number of carbonyl (C=O) groups excluding carboxylic acids is 4. The van der Waals surface area contributed by atoms with Crippen molar-refractivity contribution in [1.82, 2.24) is 10.3 Å². The maximum Gasteiger partial charge on any atom is 0.306 e. The maximum atomic E-state index is 13.4. The summed E-state index contributed by atoms with van der Waals surface area (Å²) < 4.78 is 5.21. The number of fused-ring (bicyclic) bond motifs is 5. The van der Waals surface area contributed by atoms with E-state index in [4.69, 9.17) is 4.74 Å². The number of esters is 1. The van der Waals surface area contributed by atoms with Gasteiger partial charge in [0.1, 0.15) is 5.60 Å². The van der Waals surface area contributed by atoms with Gasteiger partial charge < -0.3 is 20.3 Å². The van der Waals surface area contributed by atoms with Crippen LogP contribution in [0.15, 0.2) is 36.0 Å². The van der Waals surface area contributed by atoms with Crippen LogP contribution in [-0.4, -0.2) is 57.0 Å². The molecule has 4 unspecified atom stereocenters. The minimum absolute atomic E-state index is 0.0160. The van der Waals surface area contributed by atoms with Gasteiger partial charge in [-0.25, -0.2) is 0 Å². The summed E-state index contributed by atoms with van der Waals surface area (Å²) in [6.07, 6.45) is 6.45. The van der Waals surface area contributed by atoms with E-state index < -0.39 is 35.5 Å². The van der Waals surface area contributed by atoms with Crippen LogP contribution >= 0.6 is 0 Å². The lowest BCUT2D eigenvalue weighted by Gasteiger charge is -2.60. The molecule has 40 heavy (non-hydrogen) atoms. The van der Waals surface area contributed by atoms with Crippen molar-refractivity contribution in [3.05, 3.63) is 41.7 Å². The molecule has 3 saturated carbocycles. The summed E-state index contributed by atoms with van der Waals surface area (Å²) in [6, 6.07) is 5.38. The van der Waals surface area contributed by atoms with Crippen molar-refractivity contribution in [1.29, 1.82) is 0 Å². The highest BCUT2D eigenvalue weighted by molar-refractivity contribution is 5.92. The molecule has 9 heteroatoms. The summed E-state index contributed by atoms with van der Waals surface area (Å²) in [7, 11) is 0. The zero-order valence-electron chi connectivity index (χ0n) is 23.4. The Balaban J connectivity index is 1.18. The van der Waals surface area contributed by atoms with Crippen molar-refractivity contribution in [3.8, 4) is 0 Å². The normalized spacial score (nSPS) is 36.5. The number of amides is 1. The van der Waals surface area contributed by atoms with Gasteiger partial charge in [0.05, 0.1) is 24.8 Å². The number of allylic oxidation sites excluding steroid dienone is 1. The molecule has 0 spiro atoms. The number of aromatic nitrogens is 1. The van der Waals surface area contributed by atoms with E-state index in [1.54, 1.807) is 24.4 Å². The van der Waals surface area contributed by atoms with Gasteiger partial charge in [-0.1, -0.05) is 25.5 Å². The van der Waals surface area contributed by atoms with E-state index in [1.165, 1.54) is 0 Å². The molecule has 0 radical (unpaired) electrons. The number of ether oxygens (including phenoxy) is 1. The number of Topliss-reactive ketones (excluding diaryl/α,β-unsaturated/α-hetero) is 1. The number of aliphatic hydroxyl groups is 2. The van der Waals surface area contributed by atoms with E-state index in [0.717, 1.165) is 24.8 Å². The lowest BCUT2D eigenvalue weighted by molar-refractivity contribution is -0.184. The van der Waals surface area contributed by atoms with Crippen LogP contribution < -0.4 is 5.32 Å². The number of pyridine rings is 1. The lowest BCUT2D eigenvalue weighted by atomic mass is 9.45. The van der Waals surface area contributed by atoms with Gasteiger partial charge in [-0.05, 0) is 79.9 Å². The van der Waals surface area contributed by atoms with Crippen LogP contribution in [0.1, 0.15) is 77.3 Å². The molecule has 5 rings (SSSR count). The van der Waals surface area contributed by atoms with E-state index in [0.29, 0.717) is 18.5 Å². The molecule has 9 nitrogen and oxygen atoms in total. The largest absolute Gasteiger partial charge is 0.458 e. The maximum absolute atomic E-state index is 13.4. The summed E-state index contributed by atoms with van der Waals surface area (Å²) in [5.41, 5.74) is -0.961. The van der Waals surface area contributed by atoms with Crippen LogP contribution in [0.5, 0.6) is 0 Å². The van der Waals surface area contributed by atoms with Crippen LogP contribution in [0.3, 0.4) is 0 Å². The van der Waals surface area contributed by atoms with Gasteiger partial charge in [-0.15, -0.1) is 0 Å². The quantitative estimate of drug-likeness (QED) is 0.418. The van der Waals surface area contributed by atoms with Gasteiger partial charge in [-0.2, -0.15) is 0 Å². The lowest BCUT2D eigenvalue weighted by Crippen LogP contribution is -2.62. The molecule has 4 aliphatic rings. The van der Waals surface area contributed by atoms with Gasteiger partial charge in [0.15, 0.2) is 12.4 Å². The summed E-state index contributed by atoms with van der Waals surface area (Å²) in [6.45, 7) is 3.75. The second kappa shape index (κ2) is 10.8. The van der Waals surface area contributed by atoms with Gasteiger partial charge in [0.2, 0.25) is 11.7 Å². The van der Waals surface area contributed by atoms with Gasteiger partial charge in [0.25, 0.3) is 0 Å². The second-order valence-electron chi connectivity index (χ2n) is 12.7. The van der Waals surface area contributed by atoms with E-state index in [-0.39, 0.29) is 67.1 Å². The number of carbonyl (C=O) groups is 4. The number of hydrogen-bond acceptors (Lipinski definition) is 8. The van der Waals surface area contributed by atoms with Gasteiger partial charge in [-0.3, -0.25) is 24.2 Å². The molecule has 1 heterocycles. The van der Waals surface area contributed by atoms with Crippen molar-refractivity contribution in [2.75, 3.05) is 6.61 Å². The third-order valence-electron chi connectivity index (χ3n) is 10.6. The Morgan fingerprint density at radius 2 is 1.93 bits per heavy atom. The minimum Gasteiger partial charge on any atom is -0.458 e. The SMILES string of the molecule is C[C@]12CC(O)C3C(CCC4=CC(=O)CC[C@]43C)C1CC[C@@]2(O)C(=O)COC(=O)CCC(=O)NCc1ccccn1. The molecular formula is C31H40N2O7. The highest BCUT2D eigenvalue weighted by Crippen LogP contribution is 2.67. The van der Waals surface area contributed by atoms with Gasteiger partial charge >= 0.3 is 5.97 Å². The first-order chi connectivity index (χ1) is 19.0. The third kappa shape index (κ3) is 4.91. The van der Waals surface area contributed by atoms with E-state index in [9.17, 15) is 29.4 Å². The monoisotopic (exact) mass is 552 g/mol. The standard InChI is InChI=1S/C31H40N2O7/c1-29-12-10-21(34)15-19(29)6-7-22-23-11-13-31(39,30(23,2)16-24(35)28(22)29)25(36)18-40-27(38)9-8-26(37)33-17-20-5-3-4-14-32-20/h3-5,14-15,22-24,28,35,39H,6-13,16-18H2,1-2H3,(H,33,37)/t22?,23?,24?,28?,29-,30+,31-/m1/s1. The van der Waals surface area contributed by atoms with E-state index in [1.807, 2.05) is 13.0 Å². The fraction of sp³-hybridized carbons (Fsp3) is 0.645. The molecule has 0 aliphatic heterocycles. The molecule has 3 fully saturated rings. The molecule has 1 aromatic rings. The van der Waals surface area contributed by atoms with Crippen LogP contribution in [0.4, 0.5) is 0 Å². The van der Waals surface area contributed by atoms with E-state index in [2.05, 4.69) is 17.2 Å². The number of hydrogen-bond donors (Lipinski definition) is 3. The molecule has 0 bridgehead atoms. The van der Waals surface area contributed by atoms with Crippen molar-refractivity contribution < 1.29 is 34.1 Å². The summed E-state index contributed by atoms with van der Waals surface area (Å²) >= 11 is 0. The first-order valence-electron chi connectivity index (χ1n) is 14.5. The fourth-order valence-electron chi connectivity index (χ4n) is 8.48. The molecule has 4 aliphatic carbocycles. The number of nitrogens with one attached hydrogen (secondary N) is 1. The number of aliphatic hydroxyl groups excluding tert-OH is 1. The average Bonchev–Trinajstić information content (AvgIpc) is 3.20. The van der Waals surface area contributed by atoms with Crippen molar-refractivity contribution >= 4 is 23.4 Å². The van der Waals surface area contributed by atoms with Crippen molar-refractivity contribution in [2.24, 2.45) is 28.6 Å². The Hall–Kier alpha value is -2.91. The van der Waals surface area contributed by atoms with Crippen LogP contribution in [0, 0.1) is 28.6 Å². The average molecular weight is 553 g/mol. The van der Waals surface area contributed by atoms with E-state index >= 15 is 0 Å². The zero-order valence-corrected chi connectivity index (χ0v) is 23.4. The number of nitrogens with zero attached hydrogens (tertiary/aromatic N) is 1. The molecule has 216 valence electrons. The number of rotatable bonds is 8. The molecule has 1 aromatic heterocycles. The van der Waals surface area contributed by atoms with Gasteiger partial charge in [0, 0.05) is 24.5 Å². The second-order valence-corrected chi connectivity index (χ2v) is 12.7. The third-order valence-corrected chi connectivity index (χ3v) is 10.6. The Bertz CT molecular complexity index is 1220. The summed E-state index contributed by atoms with van der Waals surface area (Å²) in [5, 5.41) is 26.0.